The van der Waals surface area contributed by atoms with Gasteiger partial charge in [0.1, 0.15) is 6.10 Å². The fraction of sp³-hybridized carbons (Fsp3) is 0.200. The summed E-state index contributed by atoms with van der Waals surface area (Å²) in [4.78, 5) is 0. The molecule has 0 saturated heterocycles. The molecular formula is C15H13ClF2O3. The lowest BCUT2D eigenvalue weighted by atomic mass is 10.0. The third-order valence-electron chi connectivity index (χ3n) is 3.06. The van der Waals surface area contributed by atoms with Crippen molar-refractivity contribution in [2.75, 3.05) is 14.2 Å². The molecule has 6 heteroatoms. The summed E-state index contributed by atoms with van der Waals surface area (Å²) in [5.74, 6) is -1.24. The van der Waals surface area contributed by atoms with Crippen LogP contribution in [0.1, 0.15) is 17.2 Å². The molecule has 1 atom stereocenters. The molecule has 21 heavy (non-hydrogen) atoms. The standard InChI is InChI=1S/C15H13ClF2O3/c1-20-13-6-9(10(16)7-14(13)21-2)15(19)8-3-4-11(17)12(18)5-8/h3-7,15,19H,1-2H3. The Morgan fingerprint density at radius 2 is 1.62 bits per heavy atom. The van der Waals surface area contributed by atoms with Gasteiger partial charge in [-0.1, -0.05) is 17.7 Å². The van der Waals surface area contributed by atoms with Gasteiger partial charge in [0.2, 0.25) is 0 Å². The van der Waals surface area contributed by atoms with Crippen molar-refractivity contribution < 1.29 is 23.4 Å². The van der Waals surface area contributed by atoms with E-state index in [1.807, 2.05) is 0 Å². The van der Waals surface area contributed by atoms with Crippen LogP contribution in [0, 0.1) is 11.6 Å². The van der Waals surface area contributed by atoms with E-state index >= 15 is 0 Å². The lowest BCUT2D eigenvalue weighted by molar-refractivity contribution is 0.219. The van der Waals surface area contributed by atoms with Crippen LogP contribution >= 0.6 is 11.6 Å². The molecule has 0 saturated carbocycles. The summed E-state index contributed by atoms with van der Waals surface area (Å²) >= 11 is 6.09. The van der Waals surface area contributed by atoms with Crippen LogP contribution in [-0.2, 0) is 0 Å². The van der Waals surface area contributed by atoms with E-state index in [9.17, 15) is 13.9 Å². The van der Waals surface area contributed by atoms with Gasteiger partial charge in [-0.05, 0) is 23.8 Å². The molecule has 112 valence electrons. The number of benzene rings is 2. The second-order valence-corrected chi connectivity index (χ2v) is 4.71. The van der Waals surface area contributed by atoms with E-state index in [0.29, 0.717) is 17.1 Å². The van der Waals surface area contributed by atoms with Gasteiger partial charge in [-0.15, -0.1) is 0 Å². The summed E-state index contributed by atoms with van der Waals surface area (Å²) in [7, 11) is 2.90. The van der Waals surface area contributed by atoms with Crippen LogP contribution in [0.15, 0.2) is 30.3 Å². The average molecular weight is 315 g/mol. The fourth-order valence-electron chi connectivity index (χ4n) is 1.94. The van der Waals surface area contributed by atoms with E-state index in [0.717, 1.165) is 12.1 Å². The van der Waals surface area contributed by atoms with Gasteiger partial charge in [-0.3, -0.25) is 0 Å². The van der Waals surface area contributed by atoms with Crippen molar-refractivity contribution in [2.24, 2.45) is 0 Å². The summed E-state index contributed by atoms with van der Waals surface area (Å²) in [6.45, 7) is 0. The van der Waals surface area contributed by atoms with Gasteiger partial charge in [0, 0.05) is 11.6 Å². The van der Waals surface area contributed by atoms with Gasteiger partial charge >= 0.3 is 0 Å². The van der Waals surface area contributed by atoms with Crippen molar-refractivity contribution in [3.05, 3.63) is 58.1 Å². The van der Waals surface area contributed by atoms with Crippen molar-refractivity contribution in [3.63, 3.8) is 0 Å². The summed E-state index contributed by atoms with van der Waals surface area (Å²) in [6.07, 6.45) is -1.22. The molecule has 0 aliphatic carbocycles. The molecule has 0 spiro atoms. The van der Waals surface area contributed by atoms with E-state index in [4.69, 9.17) is 21.1 Å². The number of hydrogen-bond donors (Lipinski definition) is 1. The fourth-order valence-corrected chi connectivity index (χ4v) is 2.20. The average Bonchev–Trinajstić information content (AvgIpc) is 2.49. The molecule has 2 aromatic carbocycles. The predicted octanol–water partition coefficient (Wildman–Crippen LogP) is 3.72. The number of rotatable bonds is 4. The molecular weight excluding hydrogens is 302 g/mol. The molecule has 0 heterocycles. The quantitative estimate of drug-likeness (QED) is 0.935. The number of halogens is 3. The summed E-state index contributed by atoms with van der Waals surface area (Å²) < 4.78 is 36.4. The van der Waals surface area contributed by atoms with Gasteiger partial charge < -0.3 is 14.6 Å². The predicted molar refractivity (Wildman–Crippen MR) is 75.0 cm³/mol. The maximum Gasteiger partial charge on any atom is 0.162 e. The van der Waals surface area contributed by atoms with E-state index in [1.165, 1.54) is 32.4 Å². The maximum absolute atomic E-state index is 13.3. The molecule has 0 aromatic heterocycles. The van der Waals surface area contributed by atoms with Crippen molar-refractivity contribution in [2.45, 2.75) is 6.10 Å². The van der Waals surface area contributed by atoms with Gasteiger partial charge in [0.05, 0.1) is 19.2 Å². The van der Waals surface area contributed by atoms with Crippen LogP contribution in [0.25, 0.3) is 0 Å². The summed E-state index contributed by atoms with van der Waals surface area (Å²) in [5, 5.41) is 10.5. The van der Waals surface area contributed by atoms with Gasteiger partial charge in [0.15, 0.2) is 23.1 Å². The second-order valence-electron chi connectivity index (χ2n) is 4.30. The van der Waals surface area contributed by atoms with E-state index in [-0.39, 0.29) is 10.6 Å². The number of methoxy groups -OCH3 is 2. The Hall–Kier alpha value is -1.85. The Morgan fingerprint density at radius 3 is 2.19 bits per heavy atom. The first kappa shape index (κ1) is 15.5. The monoisotopic (exact) mass is 314 g/mol. The van der Waals surface area contributed by atoms with Crippen molar-refractivity contribution in [1.82, 2.24) is 0 Å². The molecule has 0 bridgehead atoms. The highest BCUT2D eigenvalue weighted by atomic mass is 35.5. The Bertz CT molecular complexity index is 662. The van der Waals surface area contributed by atoms with Gasteiger partial charge in [0.25, 0.3) is 0 Å². The molecule has 2 aromatic rings. The van der Waals surface area contributed by atoms with Crippen LogP contribution in [-0.4, -0.2) is 19.3 Å². The van der Waals surface area contributed by atoms with Crippen LogP contribution in [0.4, 0.5) is 8.78 Å². The zero-order valence-corrected chi connectivity index (χ0v) is 12.1. The molecule has 1 N–H and O–H groups in total. The highest BCUT2D eigenvalue weighted by Gasteiger charge is 2.19. The lowest BCUT2D eigenvalue weighted by Gasteiger charge is -2.16. The minimum Gasteiger partial charge on any atom is -0.493 e. The first-order chi connectivity index (χ1) is 9.97. The van der Waals surface area contributed by atoms with E-state index < -0.39 is 17.7 Å². The largest absolute Gasteiger partial charge is 0.493 e. The second kappa shape index (κ2) is 6.28. The zero-order chi connectivity index (χ0) is 15.6. The van der Waals surface area contributed by atoms with Crippen LogP contribution in [0.3, 0.4) is 0 Å². The van der Waals surface area contributed by atoms with Gasteiger partial charge in [-0.25, -0.2) is 8.78 Å². The summed E-state index contributed by atoms with van der Waals surface area (Å²) in [5.41, 5.74) is 0.489. The normalized spacial score (nSPS) is 12.1. The molecule has 0 fully saturated rings. The third-order valence-corrected chi connectivity index (χ3v) is 3.38. The van der Waals surface area contributed by atoms with E-state index in [1.54, 1.807) is 0 Å². The third kappa shape index (κ3) is 3.09. The van der Waals surface area contributed by atoms with Crippen molar-refractivity contribution in [3.8, 4) is 11.5 Å². The number of aliphatic hydroxyl groups excluding tert-OH is 1. The Labute approximate surface area is 125 Å². The molecule has 0 aliphatic rings. The Kier molecular flexibility index (Phi) is 4.65. The first-order valence-corrected chi connectivity index (χ1v) is 6.40. The lowest BCUT2D eigenvalue weighted by Crippen LogP contribution is -2.03. The van der Waals surface area contributed by atoms with Gasteiger partial charge in [-0.2, -0.15) is 0 Å². The first-order valence-electron chi connectivity index (χ1n) is 6.02. The smallest absolute Gasteiger partial charge is 0.162 e. The molecule has 0 radical (unpaired) electrons. The van der Waals surface area contributed by atoms with Crippen LogP contribution < -0.4 is 9.47 Å². The highest BCUT2D eigenvalue weighted by Crippen LogP contribution is 2.37. The number of aliphatic hydroxyl groups is 1. The zero-order valence-electron chi connectivity index (χ0n) is 11.4. The molecule has 0 aliphatic heterocycles. The van der Waals surface area contributed by atoms with Crippen molar-refractivity contribution >= 4 is 11.6 Å². The Balaban J connectivity index is 2.47. The minimum absolute atomic E-state index is 0.183. The SMILES string of the molecule is COc1cc(Cl)c(C(O)c2ccc(F)c(F)c2)cc1OC. The molecule has 2 rings (SSSR count). The highest BCUT2D eigenvalue weighted by molar-refractivity contribution is 6.31. The maximum atomic E-state index is 13.3. The molecule has 3 nitrogen and oxygen atoms in total. The number of ether oxygens (including phenoxy) is 2. The van der Waals surface area contributed by atoms with E-state index in [2.05, 4.69) is 0 Å². The minimum atomic E-state index is -1.22. The van der Waals surface area contributed by atoms with Crippen LogP contribution in [0.5, 0.6) is 11.5 Å². The van der Waals surface area contributed by atoms with Crippen molar-refractivity contribution in [1.29, 1.82) is 0 Å². The summed E-state index contributed by atoms with van der Waals surface area (Å²) in [6, 6.07) is 6.14. The van der Waals surface area contributed by atoms with Crippen LogP contribution in [0.2, 0.25) is 5.02 Å². The molecule has 1 unspecified atom stereocenters. The number of hydrogen-bond acceptors (Lipinski definition) is 3. The molecule has 0 amide bonds. The topological polar surface area (TPSA) is 38.7 Å². The Morgan fingerprint density at radius 1 is 1.00 bits per heavy atom.